The molecule has 1 saturated heterocycles. The Labute approximate surface area is 85.1 Å². The fourth-order valence-corrected chi connectivity index (χ4v) is 1.51. The molecule has 0 spiro atoms. The van der Waals surface area contributed by atoms with Crippen molar-refractivity contribution in [2.75, 3.05) is 19.6 Å². The molecule has 0 bridgehead atoms. The zero-order valence-corrected chi connectivity index (χ0v) is 8.51. The van der Waals surface area contributed by atoms with E-state index in [1.807, 2.05) is 0 Å². The summed E-state index contributed by atoms with van der Waals surface area (Å²) in [7, 11) is 0. The van der Waals surface area contributed by atoms with Crippen LogP contribution in [0.2, 0.25) is 0 Å². The Morgan fingerprint density at radius 3 is 2.25 bits per heavy atom. The topological polar surface area (TPSA) is 44.3 Å². The van der Waals surface area contributed by atoms with Crippen LogP contribution in [0, 0.1) is 0 Å². The normalized spacial score (nSPS) is 31.2. The maximum Gasteiger partial charge on any atom is 0.0814 e. The molecule has 0 amide bonds. The van der Waals surface area contributed by atoms with Gasteiger partial charge in [-0.2, -0.15) is 0 Å². The van der Waals surface area contributed by atoms with Crippen molar-refractivity contribution in [3.05, 3.63) is 0 Å². The van der Waals surface area contributed by atoms with Crippen LogP contribution in [0.1, 0.15) is 12.8 Å². The molecule has 2 rings (SSSR count). The van der Waals surface area contributed by atoms with Gasteiger partial charge in [0.2, 0.25) is 0 Å². The third-order valence-corrected chi connectivity index (χ3v) is 2.45. The van der Waals surface area contributed by atoms with Crippen LogP contribution in [0.3, 0.4) is 0 Å². The van der Waals surface area contributed by atoms with Gasteiger partial charge in [0, 0.05) is 25.7 Å². The fourth-order valence-electron chi connectivity index (χ4n) is 1.51. The molecular formula is C7H16Cl2N2O. The van der Waals surface area contributed by atoms with Gasteiger partial charge in [0.1, 0.15) is 0 Å². The molecule has 74 valence electrons. The van der Waals surface area contributed by atoms with E-state index in [0.717, 1.165) is 32.5 Å². The van der Waals surface area contributed by atoms with Crippen molar-refractivity contribution in [2.24, 2.45) is 0 Å². The van der Waals surface area contributed by atoms with E-state index in [1.54, 1.807) is 0 Å². The van der Waals surface area contributed by atoms with E-state index in [-0.39, 0.29) is 30.4 Å². The second-order valence-corrected chi connectivity index (χ2v) is 3.31. The predicted octanol–water partition coefficient (Wildman–Crippen LogP) is -0.0837. The maximum absolute atomic E-state index is 9.65. The minimum absolute atomic E-state index is 0. The summed E-state index contributed by atoms with van der Waals surface area (Å²) in [6.07, 6.45) is 1.96. The largest absolute Gasteiger partial charge is 0.388 e. The van der Waals surface area contributed by atoms with Gasteiger partial charge in [-0.15, -0.1) is 24.8 Å². The van der Waals surface area contributed by atoms with Crippen molar-refractivity contribution >= 4 is 24.8 Å². The lowest BCUT2D eigenvalue weighted by molar-refractivity contribution is 0.0949. The first-order valence-electron chi connectivity index (χ1n) is 3.98. The van der Waals surface area contributed by atoms with Gasteiger partial charge in [-0.25, -0.2) is 0 Å². The van der Waals surface area contributed by atoms with E-state index < -0.39 is 0 Å². The highest BCUT2D eigenvalue weighted by Crippen LogP contribution is 2.38. The summed E-state index contributed by atoms with van der Waals surface area (Å²) in [5, 5.41) is 16.2. The fraction of sp³-hybridized carbons (Fsp3) is 1.00. The van der Waals surface area contributed by atoms with Gasteiger partial charge in [0.25, 0.3) is 0 Å². The molecule has 12 heavy (non-hydrogen) atoms. The smallest absolute Gasteiger partial charge is 0.0814 e. The molecule has 5 heteroatoms. The number of piperazine rings is 1. The molecule has 1 aliphatic heterocycles. The minimum Gasteiger partial charge on any atom is -0.388 e. The lowest BCUT2D eigenvalue weighted by Gasteiger charge is -2.28. The molecule has 0 aromatic rings. The second-order valence-electron chi connectivity index (χ2n) is 3.31. The van der Waals surface area contributed by atoms with Crippen LogP contribution in [-0.4, -0.2) is 36.4 Å². The van der Waals surface area contributed by atoms with Crippen LogP contribution >= 0.6 is 24.8 Å². The second kappa shape index (κ2) is 4.63. The Morgan fingerprint density at radius 1 is 1.17 bits per heavy atom. The number of rotatable bonds is 1. The van der Waals surface area contributed by atoms with Crippen LogP contribution in [-0.2, 0) is 0 Å². The monoisotopic (exact) mass is 214 g/mol. The van der Waals surface area contributed by atoms with Gasteiger partial charge in [0.05, 0.1) is 5.60 Å². The minimum atomic E-state index is -0.354. The van der Waals surface area contributed by atoms with Crippen LogP contribution in [0.5, 0.6) is 0 Å². The molecule has 0 unspecified atom stereocenters. The van der Waals surface area contributed by atoms with Gasteiger partial charge < -0.3 is 15.7 Å². The number of hydrogen-bond acceptors (Lipinski definition) is 3. The van der Waals surface area contributed by atoms with Gasteiger partial charge >= 0.3 is 0 Å². The van der Waals surface area contributed by atoms with Crippen LogP contribution in [0.25, 0.3) is 0 Å². The summed E-state index contributed by atoms with van der Waals surface area (Å²) >= 11 is 0. The van der Waals surface area contributed by atoms with Crippen LogP contribution in [0.15, 0.2) is 0 Å². The highest BCUT2D eigenvalue weighted by atomic mass is 35.5. The summed E-state index contributed by atoms with van der Waals surface area (Å²) in [5.74, 6) is 0. The highest BCUT2D eigenvalue weighted by molar-refractivity contribution is 5.85. The molecule has 1 atom stereocenters. The first-order valence-corrected chi connectivity index (χ1v) is 3.98. The molecule has 3 nitrogen and oxygen atoms in total. The zero-order valence-electron chi connectivity index (χ0n) is 6.88. The van der Waals surface area contributed by atoms with Gasteiger partial charge in [-0.3, -0.25) is 0 Å². The van der Waals surface area contributed by atoms with Crippen molar-refractivity contribution in [2.45, 2.75) is 24.5 Å². The molecule has 2 aliphatic rings. The van der Waals surface area contributed by atoms with E-state index in [2.05, 4.69) is 10.6 Å². The van der Waals surface area contributed by atoms with Gasteiger partial charge in [-0.1, -0.05) is 0 Å². The first kappa shape index (κ1) is 12.5. The van der Waals surface area contributed by atoms with E-state index in [9.17, 15) is 5.11 Å². The predicted molar refractivity (Wildman–Crippen MR) is 53.3 cm³/mol. The summed E-state index contributed by atoms with van der Waals surface area (Å²) < 4.78 is 0. The first-order chi connectivity index (χ1) is 4.81. The number of halogens is 2. The Hall–Kier alpha value is 0.460. The Balaban J connectivity index is 0.000000605. The van der Waals surface area contributed by atoms with Crippen molar-refractivity contribution in [3.8, 4) is 0 Å². The molecule has 0 aromatic heterocycles. The van der Waals surface area contributed by atoms with E-state index in [1.165, 1.54) is 0 Å². The molecule has 1 heterocycles. The maximum atomic E-state index is 9.65. The van der Waals surface area contributed by atoms with Crippen molar-refractivity contribution in [1.82, 2.24) is 10.6 Å². The average molecular weight is 215 g/mol. The number of hydrogen-bond donors (Lipinski definition) is 3. The molecule has 0 aromatic carbocycles. The van der Waals surface area contributed by atoms with E-state index in [4.69, 9.17) is 0 Å². The zero-order chi connectivity index (χ0) is 7.03. The number of nitrogens with one attached hydrogen (secondary N) is 2. The van der Waals surface area contributed by atoms with Gasteiger partial charge in [0.15, 0.2) is 0 Å². The quantitative estimate of drug-likeness (QED) is 0.573. The Morgan fingerprint density at radius 2 is 1.83 bits per heavy atom. The van der Waals surface area contributed by atoms with Crippen molar-refractivity contribution in [1.29, 1.82) is 0 Å². The molecule has 0 radical (unpaired) electrons. The lowest BCUT2D eigenvalue weighted by Crippen LogP contribution is -2.55. The molecule has 1 saturated carbocycles. The summed E-state index contributed by atoms with van der Waals surface area (Å²) in [4.78, 5) is 0. The van der Waals surface area contributed by atoms with Crippen molar-refractivity contribution < 1.29 is 5.11 Å². The van der Waals surface area contributed by atoms with E-state index in [0.29, 0.717) is 6.04 Å². The third kappa shape index (κ3) is 2.47. The molecule has 1 aliphatic carbocycles. The third-order valence-electron chi connectivity index (χ3n) is 2.45. The standard InChI is InChI=1S/C7H14N2O.2ClH/c10-7(1-2-7)6-5-8-3-4-9-6;;/h6,8-10H,1-5H2;2*1H/t6-;;/m0../s1. The summed E-state index contributed by atoms with van der Waals surface area (Å²) in [6.45, 7) is 2.95. The van der Waals surface area contributed by atoms with Gasteiger partial charge in [-0.05, 0) is 12.8 Å². The van der Waals surface area contributed by atoms with Crippen LogP contribution in [0.4, 0.5) is 0 Å². The van der Waals surface area contributed by atoms with Crippen molar-refractivity contribution in [3.63, 3.8) is 0 Å². The van der Waals surface area contributed by atoms with E-state index >= 15 is 0 Å². The average Bonchev–Trinajstić information content (AvgIpc) is 2.72. The molecule has 3 N–H and O–H groups in total. The molecule has 2 fully saturated rings. The summed E-state index contributed by atoms with van der Waals surface area (Å²) in [5.41, 5.74) is -0.354. The number of aliphatic hydroxyl groups is 1. The Kier molecular flexibility index (Phi) is 4.81. The lowest BCUT2D eigenvalue weighted by atomic mass is 10.1. The summed E-state index contributed by atoms with van der Waals surface area (Å²) in [6, 6.07) is 0.307. The SMILES string of the molecule is Cl.Cl.OC1([C@@H]2CNCCN2)CC1. The van der Waals surface area contributed by atoms with Crippen LogP contribution < -0.4 is 10.6 Å². The molecular weight excluding hydrogens is 199 g/mol. The Bertz CT molecular complexity index is 135. The highest BCUT2D eigenvalue weighted by Gasteiger charge is 2.47.